The standard InChI is InChI=1S/C23H23ClN4.C4H10.C2H5N/c1-4-20-14-27-23(15-26-20)28-22-12-21(24)19(11-17(22)3)9-10-25-13-18-7-5-16(2)6-8-18;1-3-4-2;1-2-3/h1,5-8,11-12,14-15,25H,9-10,13H2,2-3H3,(H,27,28);3-4H2,1-2H3;2H,1,3H2. The summed E-state index contributed by atoms with van der Waals surface area (Å²) in [4.78, 5) is 8.40. The second kappa shape index (κ2) is 17.2. The molecule has 0 saturated carbocycles. The molecule has 0 saturated heterocycles. The fourth-order valence-corrected chi connectivity index (χ4v) is 3.09. The molecule has 0 bridgehead atoms. The molecule has 0 atom stereocenters. The molecule has 4 N–H and O–H groups in total. The minimum atomic E-state index is 0.508. The predicted octanol–water partition coefficient (Wildman–Crippen LogP) is 6.70. The number of rotatable bonds is 8. The van der Waals surface area contributed by atoms with Crippen LogP contribution in [0.25, 0.3) is 0 Å². The molecule has 6 heteroatoms. The highest BCUT2D eigenvalue weighted by molar-refractivity contribution is 6.31. The Morgan fingerprint density at radius 1 is 1.09 bits per heavy atom. The molecule has 0 aliphatic rings. The Morgan fingerprint density at radius 3 is 2.29 bits per heavy atom. The summed E-state index contributed by atoms with van der Waals surface area (Å²) in [5.74, 6) is 3.08. The second-order valence-electron chi connectivity index (χ2n) is 7.96. The van der Waals surface area contributed by atoms with Crippen molar-refractivity contribution < 1.29 is 0 Å². The molecule has 0 unspecified atom stereocenters. The fraction of sp³-hybridized carbons (Fsp3) is 0.310. The molecule has 186 valence electrons. The summed E-state index contributed by atoms with van der Waals surface area (Å²) in [5, 5.41) is 7.45. The monoisotopic (exact) mass is 491 g/mol. The zero-order chi connectivity index (χ0) is 26.1. The molecule has 2 aromatic carbocycles. The van der Waals surface area contributed by atoms with E-state index in [9.17, 15) is 0 Å². The van der Waals surface area contributed by atoms with E-state index in [1.54, 1.807) is 12.4 Å². The van der Waals surface area contributed by atoms with Crippen molar-refractivity contribution in [3.63, 3.8) is 0 Å². The zero-order valence-electron chi connectivity index (χ0n) is 21.4. The normalized spacial score (nSPS) is 9.60. The molecule has 0 spiro atoms. The summed E-state index contributed by atoms with van der Waals surface area (Å²) in [5.41, 5.74) is 10.8. The van der Waals surface area contributed by atoms with Crippen LogP contribution in [-0.2, 0) is 13.0 Å². The van der Waals surface area contributed by atoms with Gasteiger partial charge in [0, 0.05) is 17.3 Å². The van der Waals surface area contributed by atoms with Crippen LogP contribution in [-0.4, -0.2) is 16.5 Å². The van der Waals surface area contributed by atoms with Gasteiger partial charge in [-0.2, -0.15) is 0 Å². The van der Waals surface area contributed by atoms with Crippen LogP contribution in [0.4, 0.5) is 11.5 Å². The Kier molecular flexibility index (Phi) is 14.6. The molecule has 35 heavy (non-hydrogen) atoms. The Hall–Kier alpha value is -3.33. The third kappa shape index (κ3) is 11.6. The maximum atomic E-state index is 6.50. The van der Waals surface area contributed by atoms with Gasteiger partial charge in [-0.15, -0.1) is 6.42 Å². The predicted molar refractivity (Wildman–Crippen MR) is 151 cm³/mol. The van der Waals surface area contributed by atoms with Crippen LogP contribution in [0.2, 0.25) is 5.02 Å². The molecular formula is C29H38ClN5. The lowest BCUT2D eigenvalue weighted by Crippen LogP contribution is -2.17. The van der Waals surface area contributed by atoms with Crippen LogP contribution >= 0.6 is 11.6 Å². The SMILES string of the molecule is C#Cc1cnc(Nc2cc(Cl)c(CCNCc3ccc(C)cc3)cc2C)cn1.C=CN.CCCC. The number of unbranched alkanes of at least 4 members (excludes halogenated alkanes) is 1. The van der Waals surface area contributed by atoms with Gasteiger partial charge >= 0.3 is 0 Å². The van der Waals surface area contributed by atoms with E-state index in [1.165, 1.54) is 30.2 Å². The Bertz CT molecular complexity index is 1050. The third-order valence-electron chi connectivity index (χ3n) is 4.98. The van der Waals surface area contributed by atoms with Gasteiger partial charge in [0.15, 0.2) is 0 Å². The van der Waals surface area contributed by atoms with E-state index in [2.05, 4.69) is 89.9 Å². The number of halogens is 1. The first-order chi connectivity index (χ1) is 16.9. The number of anilines is 2. The number of aryl methyl sites for hydroxylation is 2. The molecule has 3 aromatic rings. The number of hydrogen-bond acceptors (Lipinski definition) is 5. The first kappa shape index (κ1) is 29.7. The van der Waals surface area contributed by atoms with Crippen LogP contribution in [0.3, 0.4) is 0 Å². The molecule has 0 aliphatic carbocycles. The van der Waals surface area contributed by atoms with Crippen molar-refractivity contribution in [3.8, 4) is 12.3 Å². The van der Waals surface area contributed by atoms with Crippen molar-refractivity contribution in [2.75, 3.05) is 11.9 Å². The lowest BCUT2D eigenvalue weighted by molar-refractivity contribution is 0.687. The second-order valence-corrected chi connectivity index (χ2v) is 8.37. The summed E-state index contributed by atoms with van der Waals surface area (Å²) in [7, 11) is 0. The van der Waals surface area contributed by atoms with Gasteiger partial charge < -0.3 is 16.4 Å². The van der Waals surface area contributed by atoms with Crippen molar-refractivity contribution in [2.24, 2.45) is 5.73 Å². The molecule has 1 aromatic heterocycles. The number of nitrogens with one attached hydrogen (secondary N) is 2. The number of nitrogens with two attached hydrogens (primary N) is 1. The van der Waals surface area contributed by atoms with E-state index in [0.29, 0.717) is 11.5 Å². The fourth-order valence-electron chi connectivity index (χ4n) is 2.83. The summed E-state index contributed by atoms with van der Waals surface area (Å²) >= 11 is 6.50. The molecule has 1 heterocycles. The number of nitrogens with zero attached hydrogens (tertiary/aromatic N) is 2. The lowest BCUT2D eigenvalue weighted by Gasteiger charge is -2.13. The topological polar surface area (TPSA) is 75.9 Å². The van der Waals surface area contributed by atoms with E-state index in [4.69, 9.17) is 18.0 Å². The highest BCUT2D eigenvalue weighted by atomic mass is 35.5. The highest BCUT2D eigenvalue weighted by Gasteiger charge is 2.07. The van der Waals surface area contributed by atoms with Gasteiger partial charge in [0.1, 0.15) is 11.5 Å². The van der Waals surface area contributed by atoms with Crippen LogP contribution in [0, 0.1) is 26.2 Å². The molecular weight excluding hydrogens is 454 g/mol. The van der Waals surface area contributed by atoms with Gasteiger partial charge in [0.05, 0.1) is 12.4 Å². The van der Waals surface area contributed by atoms with Gasteiger partial charge in [-0.25, -0.2) is 9.97 Å². The van der Waals surface area contributed by atoms with Gasteiger partial charge in [0.25, 0.3) is 0 Å². The Labute approximate surface area is 216 Å². The smallest absolute Gasteiger partial charge is 0.148 e. The highest BCUT2D eigenvalue weighted by Crippen LogP contribution is 2.27. The van der Waals surface area contributed by atoms with Crippen LogP contribution in [0.1, 0.15) is 54.6 Å². The quantitative estimate of drug-likeness (QED) is 0.241. The van der Waals surface area contributed by atoms with Crippen molar-refractivity contribution in [3.05, 3.63) is 94.5 Å². The molecule has 5 nitrogen and oxygen atoms in total. The maximum absolute atomic E-state index is 6.50. The number of benzene rings is 2. The van der Waals surface area contributed by atoms with Crippen LogP contribution in [0.15, 0.2) is 61.6 Å². The zero-order valence-corrected chi connectivity index (χ0v) is 22.1. The Balaban J connectivity index is 0.000000778. The summed E-state index contributed by atoms with van der Waals surface area (Å²) in [6.45, 7) is 13.4. The van der Waals surface area contributed by atoms with Crippen molar-refractivity contribution >= 4 is 23.1 Å². The van der Waals surface area contributed by atoms with Crippen LogP contribution < -0.4 is 16.4 Å². The molecule has 0 aliphatic heterocycles. The molecule has 0 amide bonds. The van der Waals surface area contributed by atoms with E-state index in [1.807, 2.05) is 13.0 Å². The third-order valence-corrected chi connectivity index (χ3v) is 5.33. The lowest BCUT2D eigenvalue weighted by atomic mass is 10.1. The minimum absolute atomic E-state index is 0.508. The first-order valence-corrected chi connectivity index (χ1v) is 12.2. The Morgan fingerprint density at radius 2 is 1.74 bits per heavy atom. The average Bonchev–Trinajstić information content (AvgIpc) is 2.86. The maximum Gasteiger partial charge on any atom is 0.148 e. The van der Waals surface area contributed by atoms with Crippen molar-refractivity contribution in [1.29, 1.82) is 0 Å². The number of terminal acetylenes is 1. The van der Waals surface area contributed by atoms with Gasteiger partial charge in [-0.3, -0.25) is 0 Å². The summed E-state index contributed by atoms with van der Waals surface area (Å²) < 4.78 is 0. The number of aromatic nitrogens is 2. The average molecular weight is 492 g/mol. The first-order valence-electron chi connectivity index (χ1n) is 11.8. The van der Waals surface area contributed by atoms with E-state index in [-0.39, 0.29) is 0 Å². The van der Waals surface area contributed by atoms with E-state index >= 15 is 0 Å². The van der Waals surface area contributed by atoms with Gasteiger partial charge in [0.2, 0.25) is 0 Å². The van der Waals surface area contributed by atoms with Crippen molar-refractivity contribution in [2.45, 2.75) is 53.5 Å². The molecule has 0 fully saturated rings. The summed E-state index contributed by atoms with van der Waals surface area (Å²) in [6.07, 6.45) is 13.2. The summed E-state index contributed by atoms with van der Waals surface area (Å²) in [6, 6.07) is 12.6. The number of hydrogen-bond donors (Lipinski definition) is 3. The van der Waals surface area contributed by atoms with Gasteiger partial charge in [-0.1, -0.05) is 80.8 Å². The molecule has 0 radical (unpaired) electrons. The van der Waals surface area contributed by atoms with Crippen molar-refractivity contribution in [1.82, 2.24) is 15.3 Å². The molecule has 3 rings (SSSR count). The minimum Gasteiger partial charge on any atom is -0.405 e. The van der Waals surface area contributed by atoms with Crippen LogP contribution in [0.5, 0.6) is 0 Å². The van der Waals surface area contributed by atoms with E-state index in [0.717, 1.165) is 41.3 Å². The largest absolute Gasteiger partial charge is 0.405 e. The van der Waals surface area contributed by atoms with E-state index < -0.39 is 0 Å². The van der Waals surface area contributed by atoms with Gasteiger partial charge in [-0.05, 0) is 61.7 Å².